The van der Waals surface area contributed by atoms with E-state index in [4.69, 9.17) is 4.74 Å². The maximum absolute atomic E-state index is 12.0. The predicted molar refractivity (Wildman–Crippen MR) is 88.1 cm³/mol. The molecule has 0 aromatic heterocycles. The van der Waals surface area contributed by atoms with E-state index in [9.17, 15) is 4.79 Å². The van der Waals surface area contributed by atoms with Crippen molar-refractivity contribution in [3.63, 3.8) is 0 Å². The summed E-state index contributed by atoms with van der Waals surface area (Å²) in [5.74, 6) is 2.00. The van der Waals surface area contributed by atoms with Gasteiger partial charge in [0.15, 0.2) is 0 Å². The van der Waals surface area contributed by atoms with Crippen LogP contribution < -0.4 is 10.1 Å². The summed E-state index contributed by atoms with van der Waals surface area (Å²) in [6.45, 7) is 0. The average Bonchev–Trinajstić information content (AvgIpc) is 3.03. The van der Waals surface area contributed by atoms with Crippen LogP contribution in [0.3, 0.4) is 0 Å². The molecule has 3 heteroatoms. The van der Waals surface area contributed by atoms with Crippen LogP contribution in [-0.4, -0.2) is 5.91 Å². The summed E-state index contributed by atoms with van der Waals surface area (Å²) in [6, 6.07) is 17.1. The molecule has 112 valence electrons. The zero-order chi connectivity index (χ0) is 15.2. The number of amides is 1. The van der Waals surface area contributed by atoms with Crippen LogP contribution in [-0.2, 0) is 4.79 Å². The Balaban J connectivity index is 1.54. The fourth-order valence-electron chi connectivity index (χ4n) is 2.55. The van der Waals surface area contributed by atoms with Crippen molar-refractivity contribution in [1.82, 2.24) is 0 Å². The lowest BCUT2D eigenvalue weighted by Gasteiger charge is -2.10. The highest BCUT2D eigenvalue weighted by Gasteiger charge is 2.13. The van der Waals surface area contributed by atoms with Gasteiger partial charge in [-0.25, -0.2) is 0 Å². The molecule has 22 heavy (non-hydrogen) atoms. The Bertz CT molecular complexity index is 647. The molecular formula is C19H19NO2. The highest BCUT2D eigenvalue weighted by molar-refractivity contribution is 5.91. The first-order valence-electron chi connectivity index (χ1n) is 7.59. The number of nitrogens with one attached hydrogen (secondary N) is 1. The Kier molecular flexibility index (Phi) is 4.54. The minimum Gasteiger partial charge on any atom is -0.457 e. The van der Waals surface area contributed by atoms with Gasteiger partial charge in [-0.15, -0.1) is 0 Å². The summed E-state index contributed by atoms with van der Waals surface area (Å²) in [5.41, 5.74) is 0.799. The third kappa shape index (κ3) is 3.98. The molecule has 1 aliphatic rings. The van der Waals surface area contributed by atoms with Crippen LogP contribution in [0.5, 0.6) is 11.5 Å². The number of hydrogen-bond acceptors (Lipinski definition) is 2. The molecule has 0 spiro atoms. The SMILES string of the molecule is O=C(C[C@H]1C=CCC1)Nc1ccc(Oc2ccccc2)cc1. The number of carbonyl (C=O) groups is 1. The summed E-state index contributed by atoms with van der Waals surface area (Å²) >= 11 is 0. The van der Waals surface area contributed by atoms with Crippen LogP contribution in [0.2, 0.25) is 0 Å². The van der Waals surface area contributed by atoms with Crippen molar-refractivity contribution in [2.24, 2.45) is 5.92 Å². The van der Waals surface area contributed by atoms with E-state index in [1.165, 1.54) is 0 Å². The summed E-state index contributed by atoms with van der Waals surface area (Å²) in [5, 5.41) is 2.93. The van der Waals surface area contributed by atoms with Gasteiger partial charge in [-0.2, -0.15) is 0 Å². The van der Waals surface area contributed by atoms with Crippen LogP contribution in [0.25, 0.3) is 0 Å². The van der Waals surface area contributed by atoms with Gasteiger partial charge in [0.05, 0.1) is 0 Å². The first-order chi connectivity index (χ1) is 10.8. The predicted octanol–water partition coefficient (Wildman–Crippen LogP) is 4.77. The van der Waals surface area contributed by atoms with Crippen LogP contribution >= 0.6 is 0 Å². The summed E-state index contributed by atoms with van der Waals surface area (Å²) in [6.07, 6.45) is 7.00. The minimum absolute atomic E-state index is 0.0632. The zero-order valence-corrected chi connectivity index (χ0v) is 12.4. The van der Waals surface area contributed by atoms with E-state index in [2.05, 4.69) is 17.5 Å². The Morgan fingerprint density at radius 1 is 1.05 bits per heavy atom. The number of para-hydroxylation sites is 1. The van der Waals surface area contributed by atoms with E-state index >= 15 is 0 Å². The fourth-order valence-corrected chi connectivity index (χ4v) is 2.55. The second-order valence-corrected chi connectivity index (χ2v) is 5.46. The number of hydrogen-bond donors (Lipinski definition) is 1. The highest BCUT2D eigenvalue weighted by Crippen LogP contribution is 2.24. The molecule has 0 saturated heterocycles. The number of allylic oxidation sites excluding steroid dienone is 2. The number of benzene rings is 2. The third-order valence-corrected chi connectivity index (χ3v) is 3.68. The van der Waals surface area contributed by atoms with Crippen LogP contribution in [0.15, 0.2) is 66.7 Å². The summed E-state index contributed by atoms with van der Waals surface area (Å²) < 4.78 is 5.72. The highest BCUT2D eigenvalue weighted by atomic mass is 16.5. The lowest BCUT2D eigenvalue weighted by atomic mass is 10.1. The lowest BCUT2D eigenvalue weighted by Crippen LogP contribution is -2.14. The molecule has 2 aromatic carbocycles. The molecule has 3 rings (SSSR count). The molecular weight excluding hydrogens is 274 g/mol. The monoisotopic (exact) mass is 293 g/mol. The van der Waals surface area contributed by atoms with Crippen molar-refractivity contribution in [3.05, 3.63) is 66.7 Å². The van der Waals surface area contributed by atoms with Crippen molar-refractivity contribution in [2.75, 3.05) is 5.32 Å². The molecule has 1 atom stereocenters. The molecule has 0 unspecified atom stereocenters. The minimum atomic E-state index is 0.0632. The van der Waals surface area contributed by atoms with Crippen LogP contribution in [0, 0.1) is 5.92 Å². The lowest BCUT2D eigenvalue weighted by molar-refractivity contribution is -0.116. The Morgan fingerprint density at radius 3 is 2.45 bits per heavy atom. The molecule has 1 amide bonds. The molecule has 2 aromatic rings. The van der Waals surface area contributed by atoms with Gasteiger partial charge < -0.3 is 10.1 Å². The van der Waals surface area contributed by atoms with E-state index in [1.807, 2.05) is 54.6 Å². The van der Waals surface area contributed by atoms with Gasteiger partial charge in [-0.3, -0.25) is 4.79 Å². The molecule has 1 N–H and O–H groups in total. The fraction of sp³-hybridized carbons (Fsp3) is 0.211. The third-order valence-electron chi connectivity index (χ3n) is 3.68. The Hall–Kier alpha value is -2.55. The maximum atomic E-state index is 12.0. The second kappa shape index (κ2) is 6.94. The Labute approximate surface area is 130 Å². The molecule has 0 aliphatic heterocycles. The van der Waals surface area contributed by atoms with Crippen molar-refractivity contribution < 1.29 is 9.53 Å². The molecule has 0 bridgehead atoms. The van der Waals surface area contributed by atoms with Crippen LogP contribution in [0.1, 0.15) is 19.3 Å². The van der Waals surface area contributed by atoms with Gasteiger partial charge in [-0.05, 0) is 55.2 Å². The van der Waals surface area contributed by atoms with Gasteiger partial charge in [0, 0.05) is 12.1 Å². The van der Waals surface area contributed by atoms with Crippen LogP contribution in [0.4, 0.5) is 5.69 Å². The summed E-state index contributed by atoms with van der Waals surface area (Å²) in [4.78, 5) is 12.0. The van der Waals surface area contributed by atoms with E-state index in [-0.39, 0.29) is 5.91 Å². The molecule has 0 saturated carbocycles. The van der Waals surface area contributed by atoms with E-state index in [1.54, 1.807) is 0 Å². The quantitative estimate of drug-likeness (QED) is 0.806. The molecule has 0 heterocycles. The normalized spacial score (nSPS) is 16.5. The van der Waals surface area contributed by atoms with Gasteiger partial charge in [0.25, 0.3) is 0 Å². The van der Waals surface area contributed by atoms with E-state index < -0.39 is 0 Å². The second-order valence-electron chi connectivity index (χ2n) is 5.46. The number of carbonyl (C=O) groups excluding carboxylic acids is 1. The van der Waals surface area contributed by atoms with Crippen molar-refractivity contribution in [2.45, 2.75) is 19.3 Å². The standard InChI is InChI=1S/C19H19NO2/c21-19(14-15-6-4-5-7-15)20-16-10-12-18(13-11-16)22-17-8-2-1-3-9-17/h1-4,6,8-13,15H,5,7,14H2,(H,20,21)/t15-/m0/s1. The van der Waals surface area contributed by atoms with E-state index in [0.717, 1.165) is 30.0 Å². The van der Waals surface area contributed by atoms with Gasteiger partial charge in [0.2, 0.25) is 5.91 Å². The average molecular weight is 293 g/mol. The maximum Gasteiger partial charge on any atom is 0.224 e. The largest absolute Gasteiger partial charge is 0.457 e. The van der Waals surface area contributed by atoms with Gasteiger partial charge in [-0.1, -0.05) is 30.4 Å². The van der Waals surface area contributed by atoms with Gasteiger partial charge in [0.1, 0.15) is 11.5 Å². The molecule has 1 aliphatic carbocycles. The first kappa shape index (κ1) is 14.4. The zero-order valence-electron chi connectivity index (χ0n) is 12.4. The Morgan fingerprint density at radius 2 is 1.77 bits per heavy atom. The smallest absolute Gasteiger partial charge is 0.224 e. The topological polar surface area (TPSA) is 38.3 Å². The van der Waals surface area contributed by atoms with Crippen molar-refractivity contribution >= 4 is 11.6 Å². The number of ether oxygens (including phenoxy) is 1. The van der Waals surface area contributed by atoms with Crippen molar-refractivity contribution in [1.29, 1.82) is 0 Å². The van der Waals surface area contributed by atoms with E-state index in [0.29, 0.717) is 12.3 Å². The first-order valence-corrected chi connectivity index (χ1v) is 7.59. The molecule has 0 radical (unpaired) electrons. The number of anilines is 1. The number of rotatable bonds is 5. The van der Waals surface area contributed by atoms with Crippen molar-refractivity contribution in [3.8, 4) is 11.5 Å². The van der Waals surface area contributed by atoms with Gasteiger partial charge >= 0.3 is 0 Å². The molecule has 3 nitrogen and oxygen atoms in total. The molecule has 0 fully saturated rings. The summed E-state index contributed by atoms with van der Waals surface area (Å²) in [7, 11) is 0.